The summed E-state index contributed by atoms with van der Waals surface area (Å²) in [6.45, 7) is 4.23. The van der Waals surface area contributed by atoms with Crippen LogP contribution in [0.3, 0.4) is 0 Å². The second kappa shape index (κ2) is 5.63. The molecule has 1 amide bonds. The van der Waals surface area contributed by atoms with Gasteiger partial charge in [-0.05, 0) is 38.8 Å². The summed E-state index contributed by atoms with van der Waals surface area (Å²) in [7, 11) is 0. The van der Waals surface area contributed by atoms with Crippen molar-refractivity contribution in [1.82, 2.24) is 5.32 Å². The van der Waals surface area contributed by atoms with Crippen LogP contribution in [-0.2, 0) is 4.74 Å². The summed E-state index contributed by atoms with van der Waals surface area (Å²) in [5.74, 6) is -0.137. The summed E-state index contributed by atoms with van der Waals surface area (Å²) in [5.41, 5.74) is 0. The summed E-state index contributed by atoms with van der Waals surface area (Å²) in [4.78, 5) is 24.3. The molecule has 0 saturated carbocycles. The van der Waals surface area contributed by atoms with Crippen molar-refractivity contribution in [2.45, 2.75) is 38.8 Å². The molecular formula is C13H17NO3S. The van der Waals surface area contributed by atoms with Crippen LogP contribution in [0, 0.1) is 0 Å². The Labute approximate surface area is 110 Å². The number of ether oxygens (including phenoxy) is 1. The molecule has 0 bridgehead atoms. The lowest BCUT2D eigenvalue weighted by Crippen LogP contribution is -2.40. The number of rotatable bonds is 4. The van der Waals surface area contributed by atoms with E-state index in [4.69, 9.17) is 4.74 Å². The molecule has 2 heterocycles. The molecule has 0 aromatic carbocycles. The third-order valence-electron chi connectivity index (χ3n) is 3.06. The van der Waals surface area contributed by atoms with Gasteiger partial charge in [0.2, 0.25) is 0 Å². The predicted octanol–water partition coefficient (Wildman–Crippen LogP) is 2.25. The highest BCUT2D eigenvalue weighted by Gasteiger charge is 2.24. The van der Waals surface area contributed by atoms with Crippen LogP contribution < -0.4 is 5.32 Å². The van der Waals surface area contributed by atoms with E-state index in [9.17, 15) is 9.59 Å². The van der Waals surface area contributed by atoms with Gasteiger partial charge in [-0.25, -0.2) is 0 Å². The van der Waals surface area contributed by atoms with Crippen molar-refractivity contribution >= 4 is 23.0 Å². The molecule has 1 N–H and O–H groups in total. The van der Waals surface area contributed by atoms with E-state index in [-0.39, 0.29) is 23.8 Å². The molecule has 0 aliphatic carbocycles. The van der Waals surface area contributed by atoms with Gasteiger partial charge in [-0.3, -0.25) is 9.59 Å². The summed E-state index contributed by atoms with van der Waals surface area (Å²) in [6, 6.07) is 3.39. The molecule has 98 valence electrons. The number of hydrogen-bond donors (Lipinski definition) is 1. The maximum absolute atomic E-state index is 12.0. The average molecular weight is 267 g/mol. The van der Waals surface area contributed by atoms with Gasteiger partial charge in [0, 0.05) is 6.61 Å². The smallest absolute Gasteiger partial charge is 0.261 e. The zero-order valence-electron chi connectivity index (χ0n) is 10.6. The van der Waals surface area contributed by atoms with Crippen molar-refractivity contribution < 1.29 is 14.3 Å². The highest BCUT2D eigenvalue weighted by atomic mass is 32.1. The van der Waals surface area contributed by atoms with Crippen LogP contribution in [0.5, 0.6) is 0 Å². The maximum atomic E-state index is 12.0. The Morgan fingerprint density at radius 1 is 1.44 bits per heavy atom. The first kappa shape index (κ1) is 13.2. The first-order chi connectivity index (χ1) is 8.58. The fraction of sp³-hybridized carbons (Fsp3) is 0.538. The normalized spacial score (nSPS) is 20.7. The van der Waals surface area contributed by atoms with Crippen molar-refractivity contribution in [3.63, 3.8) is 0 Å². The van der Waals surface area contributed by atoms with Gasteiger partial charge in [-0.1, -0.05) is 0 Å². The van der Waals surface area contributed by atoms with E-state index in [1.807, 2.05) is 6.92 Å². The number of carbonyl (C=O) groups is 2. The van der Waals surface area contributed by atoms with Crippen LogP contribution >= 0.6 is 11.3 Å². The molecule has 5 heteroatoms. The lowest BCUT2D eigenvalue weighted by molar-refractivity contribution is 0.0714. The molecule has 0 radical (unpaired) electrons. The fourth-order valence-electron chi connectivity index (χ4n) is 2.02. The van der Waals surface area contributed by atoms with Gasteiger partial charge in [-0.2, -0.15) is 0 Å². The minimum absolute atomic E-state index is 0.00266. The van der Waals surface area contributed by atoms with Crippen LogP contribution in [0.15, 0.2) is 12.1 Å². The third-order valence-corrected chi connectivity index (χ3v) is 4.24. The first-order valence-electron chi connectivity index (χ1n) is 6.11. The molecule has 18 heavy (non-hydrogen) atoms. The van der Waals surface area contributed by atoms with Crippen LogP contribution in [0.25, 0.3) is 0 Å². The molecule has 1 aromatic heterocycles. The second-order valence-corrected chi connectivity index (χ2v) is 5.62. The number of hydrogen-bond acceptors (Lipinski definition) is 4. The average Bonchev–Trinajstić information content (AvgIpc) is 3.00. The van der Waals surface area contributed by atoms with Gasteiger partial charge < -0.3 is 10.1 Å². The van der Waals surface area contributed by atoms with E-state index in [0.29, 0.717) is 9.75 Å². The van der Waals surface area contributed by atoms with Crippen LogP contribution in [-0.4, -0.2) is 30.4 Å². The quantitative estimate of drug-likeness (QED) is 0.851. The maximum Gasteiger partial charge on any atom is 0.261 e. The summed E-state index contributed by atoms with van der Waals surface area (Å²) in [6.07, 6.45) is 2.16. The van der Waals surface area contributed by atoms with Crippen LogP contribution in [0.4, 0.5) is 0 Å². The SMILES string of the molecule is CC(=O)c1ccc(C(=O)N[C@H](C)[C@H]2CCCO2)s1. The molecule has 2 rings (SSSR count). The topological polar surface area (TPSA) is 55.4 Å². The molecule has 1 aliphatic heterocycles. The third kappa shape index (κ3) is 2.97. The molecular weight excluding hydrogens is 250 g/mol. The van der Waals surface area contributed by atoms with Gasteiger partial charge in [0.15, 0.2) is 5.78 Å². The monoisotopic (exact) mass is 267 g/mol. The number of Topliss-reactive ketones (excluding diaryl/α,β-unsaturated/α-hetero) is 1. The van der Waals surface area contributed by atoms with Gasteiger partial charge in [0.25, 0.3) is 5.91 Å². The summed E-state index contributed by atoms with van der Waals surface area (Å²) < 4.78 is 5.53. The Hall–Kier alpha value is -1.20. The number of carbonyl (C=O) groups excluding carboxylic acids is 2. The molecule has 1 aromatic rings. The number of ketones is 1. The Bertz CT molecular complexity index is 449. The molecule has 0 spiro atoms. The van der Waals surface area contributed by atoms with Crippen molar-refractivity contribution in [2.75, 3.05) is 6.61 Å². The van der Waals surface area contributed by atoms with E-state index < -0.39 is 0 Å². The Morgan fingerprint density at radius 2 is 2.17 bits per heavy atom. The number of thiophene rings is 1. The lowest BCUT2D eigenvalue weighted by Gasteiger charge is -2.19. The van der Waals surface area contributed by atoms with Gasteiger partial charge in [-0.15, -0.1) is 11.3 Å². The molecule has 1 saturated heterocycles. The van der Waals surface area contributed by atoms with E-state index >= 15 is 0 Å². The highest BCUT2D eigenvalue weighted by Crippen LogP contribution is 2.19. The lowest BCUT2D eigenvalue weighted by atomic mass is 10.1. The van der Waals surface area contributed by atoms with Gasteiger partial charge >= 0.3 is 0 Å². The van der Waals surface area contributed by atoms with Crippen molar-refractivity contribution in [3.8, 4) is 0 Å². The van der Waals surface area contributed by atoms with Crippen molar-refractivity contribution in [1.29, 1.82) is 0 Å². The molecule has 4 nitrogen and oxygen atoms in total. The minimum Gasteiger partial charge on any atom is -0.376 e. The largest absolute Gasteiger partial charge is 0.376 e. The standard InChI is InChI=1S/C13H17NO3S/c1-8(10-4-3-7-17-10)14-13(16)12-6-5-11(18-12)9(2)15/h5-6,8,10H,3-4,7H2,1-2H3,(H,14,16)/t8-,10-/m1/s1. The summed E-state index contributed by atoms with van der Waals surface area (Å²) in [5, 5.41) is 2.93. The first-order valence-corrected chi connectivity index (χ1v) is 6.93. The Kier molecular flexibility index (Phi) is 4.14. The molecule has 1 fully saturated rings. The predicted molar refractivity (Wildman–Crippen MR) is 70.2 cm³/mol. The Morgan fingerprint density at radius 3 is 2.72 bits per heavy atom. The number of amides is 1. The van der Waals surface area contributed by atoms with E-state index in [2.05, 4.69) is 5.32 Å². The highest BCUT2D eigenvalue weighted by molar-refractivity contribution is 7.15. The van der Waals surface area contributed by atoms with Crippen LogP contribution in [0.1, 0.15) is 46.0 Å². The van der Waals surface area contributed by atoms with Gasteiger partial charge in [0.1, 0.15) is 0 Å². The van der Waals surface area contributed by atoms with E-state index in [1.165, 1.54) is 18.3 Å². The van der Waals surface area contributed by atoms with Crippen molar-refractivity contribution in [3.05, 3.63) is 21.9 Å². The van der Waals surface area contributed by atoms with E-state index in [1.54, 1.807) is 12.1 Å². The minimum atomic E-state index is -0.129. The molecule has 2 atom stereocenters. The van der Waals surface area contributed by atoms with Crippen molar-refractivity contribution in [2.24, 2.45) is 0 Å². The fourth-order valence-corrected chi connectivity index (χ4v) is 2.82. The van der Waals surface area contributed by atoms with Crippen LogP contribution in [0.2, 0.25) is 0 Å². The molecule has 1 aliphatic rings. The summed E-state index contributed by atoms with van der Waals surface area (Å²) >= 11 is 1.23. The zero-order valence-corrected chi connectivity index (χ0v) is 11.4. The Balaban J connectivity index is 1.95. The van der Waals surface area contributed by atoms with E-state index in [0.717, 1.165) is 19.4 Å². The van der Waals surface area contributed by atoms with Gasteiger partial charge in [0.05, 0.1) is 21.9 Å². The zero-order chi connectivity index (χ0) is 13.1. The second-order valence-electron chi connectivity index (χ2n) is 4.53. The molecule has 0 unspecified atom stereocenters. The number of nitrogens with one attached hydrogen (secondary N) is 1.